The monoisotopic (exact) mass is 276 g/mol. The fraction of sp³-hybridized carbons (Fsp3) is 0.667. The summed E-state index contributed by atoms with van der Waals surface area (Å²) in [4.78, 5) is 9.56. The van der Waals surface area contributed by atoms with Gasteiger partial charge in [0.05, 0.1) is 0 Å². The fourth-order valence-electron chi connectivity index (χ4n) is 1.83. The van der Waals surface area contributed by atoms with Gasteiger partial charge in [-0.05, 0) is 27.7 Å². The third kappa shape index (κ3) is 3.97. The van der Waals surface area contributed by atoms with Crippen molar-refractivity contribution in [1.82, 2.24) is 9.97 Å². The van der Waals surface area contributed by atoms with Crippen LogP contribution >= 0.6 is 0 Å². The lowest BCUT2D eigenvalue weighted by Gasteiger charge is -2.30. The van der Waals surface area contributed by atoms with Gasteiger partial charge < -0.3 is 10.2 Å². The topological polar surface area (TPSA) is 41.1 Å². The van der Waals surface area contributed by atoms with Crippen molar-refractivity contribution in [3.63, 3.8) is 0 Å². The number of anilines is 2. The number of hydrogen-bond acceptors (Lipinski definition) is 4. The Morgan fingerprint density at radius 3 is 2.21 bits per heavy atom. The van der Waals surface area contributed by atoms with E-state index in [1.54, 1.807) is 34.7 Å². The summed E-state index contributed by atoms with van der Waals surface area (Å²) in [5.74, 6) is 1.32. The van der Waals surface area contributed by atoms with Crippen LogP contribution in [0.25, 0.3) is 0 Å². The number of hydrogen-bond donors (Lipinski definition) is 1. The van der Waals surface area contributed by atoms with E-state index < -0.39 is 12.7 Å². The van der Waals surface area contributed by atoms with E-state index in [4.69, 9.17) is 0 Å². The molecule has 1 rings (SSSR count). The summed E-state index contributed by atoms with van der Waals surface area (Å²) in [7, 11) is 1.68. The lowest BCUT2D eigenvalue weighted by Crippen LogP contribution is -2.40. The van der Waals surface area contributed by atoms with Crippen LogP contribution < -0.4 is 10.2 Å². The predicted molar refractivity (Wildman–Crippen MR) is 69.6 cm³/mol. The molecule has 1 aromatic rings. The Bertz CT molecular complexity index is 443. The molecular weight excluding hydrogens is 257 g/mol. The normalized spacial score (nSPS) is 11.8. The van der Waals surface area contributed by atoms with E-state index in [9.17, 15) is 13.2 Å². The van der Waals surface area contributed by atoms with Gasteiger partial charge in [0.15, 0.2) is 0 Å². The lowest BCUT2D eigenvalue weighted by molar-refractivity contribution is -0.120. The molecule has 0 aliphatic heterocycles. The van der Waals surface area contributed by atoms with Crippen molar-refractivity contribution in [2.45, 2.75) is 39.9 Å². The van der Waals surface area contributed by atoms with Gasteiger partial charge >= 0.3 is 6.18 Å². The van der Waals surface area contributed by atoms with Crippen molar-refractivity contribution in [1.29, 1.82) is 0 Å². The van der Waals surface area contributed by atoms with Crippen molar-refractivity contribution in [2.24, 2.45) is 0 Å². The zero-order valence-corrected chi connectivity index (χ0v) is 11.8. The fourth-order valence-corrected chi connectivity index (χ4v) is 1.83. The molecule has 0 aliphatic carbocycles. The maximum atomic E-state index is 12.7. The van der Waals surface area contributed by atoms with Crippen LogP contribution in [0, 0.1) is 13.8 Å². The average molecular weight is 276 g/mol. The first-order valence-corrected chi connectivity index (χ1v) is 6.02. The van der Waals surface area contributed by atoms with Crippen LogP contribution in [0.2, 0.25) is 0 Å². The van der Waals surface area contributed by atoms with Crippen LogP contribution in [0.15, 0.2) is 0 Å². The summed E-state index contributed by atoms with van der Waals surface area (Å²) < 4.78 is 38.0. The van der Waals surface area contributed by atoms with Crippen LogP contribution in [0.4, 0.5) is 24.8 Å². The number of aryl methyl sites for hydroxylation is 1. The summed E-state index contributed by atoms with van der Waals surface area (Å²) in [6.07, 6.45) is -4.27. The highest BCUT2D eigenvalue weighted by atomic mass is 19.4. The van der Waals surface area contributed by atoms with Gasteiger partial charge in [-0.2, -0.15) is 13.2 Å². The zero-order chi connectivity index (χ0) is 14.8. The summed E-state index contributed by atoms with van der Waals surface area (Å²) in [6, 6.07) is -0.306. The number of aromatic nitrogens is 2. The molecule has 19 heavy (non-hydrogen) atoms. The second kappa shape index (κ2) is 5.63. The molecular formula is C12H19F3N4. The highest BCUT2D eigenvalue weighted by Gasteiger charge is 2.33. The Morgan fingerprint density at radius 2 is 1.79 bits per heavy atom. The summed E-state index contributed by atoms with van der Waals surface area (Å²) in [5, 5.41) is 2.87. The van der Waals surface area contributed by atoms with E-state index >= 15 is 0 Å². The molecule has 4 nitrogen and oxygen atoms in total. The molecule has 0 atom stereocenters. The number of halogens is 3. The Labute approximate surface area is 111 Å². The van der Waals surface area contributed by atoms with Crippen LogP contribution in [0.5, 0.6) is 0 Å². The van der Waals surface area contributed by atoms with E-state index in [0.29, 0.717) is 23.0 Å². The van der Waals surface area contributed by atoms with Gasteiger partial charge in [0.1, 0.15) is 24.0 Å². The Balaban J connectivity index is 3.26. The maximum absolute atomic E-state index is 12.7. The van der Waals surface area contributed by atoms with Crippen LogP contribution in [0.1, 0.15) is 25.2 Å². The molecule has 1 aromatic heterocycles. The zero-order valence-electron chi connectivity index (χ0n) is 11.8. The van der Waals surface area contributed by atoms with Gasteiger partial charge in [0, 0.05) is 18.7 Å². The minimum absolute atomic E-state index is 0.306. The second-order valence-electron chi connectivity index (χ2n) is 4.65. The molecule has 1 heterocycles. The SMILES string of the molecule is CNc1nc(C)nc(N(CC(F)(F)F)C(C)C)c1C. The van der Waals surface area contributed by atoms with Crippen LogP contribution in [-0.2, 0) is 0 Å². The van der Waals surface area contributed by atoms with Gasteiger partial charge in [-0.25, -0.2) is 9.97 Å². The average Bonchev–Trinajstić information content (AvgIpc) is 2.27. The molecule has 0 amide bonds. The standard InChI is InChI=1S/C12H19F3N4/c1-7(2)19(6-12(13,14)15)11-8(3)10(16-5)17-9(4)18-11/h7H,6H2,1-5H3,(H,16,17,18). The minimum Gasteiger partial charge on any atom is -0.373 e. The second-order valence-corrected chi connectivity index (χ2v) is 4.65. The molecule has 0 fully saturated rings. The quantitative estimate of drug-likeness (QED) is 0.918. The number of nitrogens with one attached hydrogen (secondary N) is 1. The summed E-state index contributed by atoms with van der Waals surface area (Å²) in [6.45, 7) is 5.77. The third-order valence-electron chi connectivity index (χ3n) is 2.71. The molecule has 0 saturated carbocycles. The van der Waals surface area contributed by atoms with Crippen molar-refractivity contribution < 1.29 is 13.2 Å². The molecule has 108 valence electrons. The molecule has 0 bridgehead atoms. The molecule has 0 aliphatic rings. The highest BCUT2D eigenvalue weighted by molar-refractivity contribution is 5.58. The first-order chi connectivity index (χ1) is 8.65. The van der Waals surface area contributed by atoms with Crippen molar-refractivity contribution in [3.05, 3.63) is 11.4 Å². The number of nitrogens with zero attached hydrogens (tertiary/aromatic N) is 3. The maximum Gasteiger partial charge on any atom is 0.405 e. The summed E-state index contributed by atoms with van der Waals surface area (Å²) in [5.41, 5.74) is 0.617. The third-order valence-corrected chi connectivity index (χ3v) is 2.71. The van der Waals surface area contributed by atoms with Crippen molar-refractivity contribution in [3.8, 4) is 0 Å². The Kier molecular flexibility index (Phi) is 4.60. The van der Waals surface area contributed by atoms with E-state index in [2.05, 4.69) is 15.3 Å². The van der Waals surface area contributed by atoms with E-state index in [1.807, 2.05) is 0 Å². The van der Waals surface area contributed by atoms with Gasteiger partial charge in [-0.1, -0.05) is 0 Å². The molecule has 0 unspecified atom stereocenters. The highest BCUT2D eigenvalue weighted by Crippen LogP contribution is 2.28. The minimum atomic E-state index is -4.27. The van der Waals surface area contributed by atoms with E-state index in [1.165, 1.54) is 4.90 Å². The first-order valence-electron chi connectivity index (χ1n) is 6.02. The number of alkyl halides is 3. The van der Waals surface area contributed by atoms with E-state index in [0.717, 1.165) is 0 Å². The Hall–Kier alpha value is -1.53. The number of rotatable bonds is 4. The smallest absolute Gasteiger partial charge is 0.373 e. The molecule has 0 saturated heterocycles. The predicted octanol–water partition coefficient (Wildman–Crippen LogP) is 2.91. The van der Waals surface area contributed by atoms with Gasteiger partial charge in [0.2, 0.25) is 0 Å². The molecule has 7 heteroatoms. The van der Waals surface area contributed by atoms with E-state index in [-0.39, 0.29) is 6.04 Å². The molecule has 0 aromatic carbocycles. The molecule has 0 spiro atoms. The van der Waals surface area contributed by atoms with Crippen LogP contribution in [0.3, 0.4) is 0 Å². The molecule has 0 radical (unpaired) electrons. The lowest BCUT2D eigenvalue weighted by atomic mass is 10.2. The molecule has 1 N–H and O–H groups in total. The first kappa shape index (κ1) is 15.5. The van der Waals surface area contributed by atoms with Crippen LogP contribution in [-0.4, -0.2) is 35.8 Å². The summed E-state index contributed by atoms with van der Waals surface area (Å²) >= 11 is 0. The van der Waals surface area contributed by atoms with Gasteiger partial charge in [-0.15, -0.1) is 0 Å². The van der Waals surface area contributed by atoms with Gasteiger partial charge in [0.25, 0.3) is 0 Å². The van der Waals surface area contributed by atoms with Gasteiger partial charge in [-0.3, -0.25) is 0 Å². The van der Waals surface area contributed by atoms with Crippen molar-refractivity contribution >= 4 is 11.6 Å². The Morgan fingerprint density at radius 1 is 1.21 bits per heavy atom. The van der Waals surface area contributed by atoms with Crippen molar-refractivity contribution in [2.75, 3.05) is 23.8 Å². The largest absolute Gasteiger partial charge is 0.405 e.